The Balaban J connectivity index is 1.91. The van der Waals surface area contributed by atoms with Gasteiger partial charge in [-0.05, 0) is 31.9 Å². The van der Waals surface area contributed by atoms with E-state index in [0.29, 0.717) is 11.6 Å². The summed E-state index contributed by atoms with van der Waals surface area (Å²) in [5.74, 6) is 0.809. The number of hydrogen-bond acceptors (Lipinski definition) is 3. The molecule has 1 aliphatic rings. The first-order valence-corrected chi connectivity index (χ1v) is 6.80. The molecule has 18 heavy (non-hydrogen) atoms. The zero-order chi connectivity index (χ0) is 12.8. The Morgan fingerprint density at radius 2 is 2.11 bits per heavy atom. The van der Waals surface area contributed by atoms with Gasteiger partial charge in [0.1, 0.15) is 5.82 Å². The molecule has 1 aliphatic carbocycles. The van der Waals surface area contributed by atoms with Crippen molar-refractivity contribution >= 4 is 11.7 Å². The third kappa shape index (κ3) is 3.45. The highest BCUT2D eigenvalue weighted by Crippen LogP contribution is 2.17. The molecule has 0 aromatic carbocycles. The van der Waals surface area contributed by atoms with Crippen LogP contribution in [0.4, 0.5) is 5.82 Å². The predicted molar refractivity (Wildman–Crippen MR) is 72.7 cm³/mol. The number of carbonyl (C=O) groups is 1. The van der Waals surface area contributed by atoms with Crippen molar-refractivity contribution in [3.63, 3.8) is 0 Å². The molecule has 98 valence electrons. The Morgan fingerprint density at radius 1 is 1.33 bits per heavy atom. The number of aromatic nitrogens is 1. The molecule has 1 amide bonds. The largest absolute Gasteiger partial charge is 0.370 e. The summed E-state index contributed by atoms with van der Waals surface area (Å²) < 4.78 is 0. The number of nitrogens with one attached hydrogen (secondary N) is 2. The number of amides is 1. The van der Waals surface area contributed by atoms with Gasteiger partial charge in [-0.2, -0.15) is 0 Å². The van der Waals surface area contributed by atoms with Crippen LogP contribution >= 0.6 is 0 Å². The van der Waals surface area contributed by atoms with Gasteiger partial charge in [-0.1, -0.05) is 19.3 Å². The number of pyridine rings is 1. The Kier molecular flexibility index (Phi) is 4.56. The minimum absolute atomic E-state index is 0.00236. The summed E-state index contributed by atoms with van der Waals surface area (Å²) in [5.41, 5.74) is 0.641. The molecule has 0 unspecified atom stereocenters. The fourth-order valence-corrected chi connectivity index (χ4v) is 2.33. The van der Waals surface area contributed by atoms with Crippen molar-refractivity contribution in [2.24, 2.45) is 0 Å². The van der Waals surface area contributed by atoms with E-state index in [0.717, 1.165) is 25.2 Å². The Bertz CT molecular complexity index is 383. The first-order chi connectivity index (χ1) is 8.79. The van der Waals surface area contributed by atoms with E-state index in [2.05, 4.69) is 15.6 Å². The lowest BCUT2D eigenvalue weighted by molar-refractivity contribution is 0.0927. The minimum Gasteiger partial charge on any atom is -0.370 e. The molecule has 1 heterocycles. The molecule has 0 radical (unpaired) electrons. The van der Waals surface area contributed by atoms with Crippen molar-refractivity contribution < 1.29 is 4.79 Å². The number of hydrogen-bond donors (Lipinski definition) is 2. The first-order valence-electron chi connectivity index (χ1n) is 6.80. The summed E-state index contributed by atoms with van der Waals surface area (Å²) in [6, 6.07) is 4.02. The molecule has 1 aromatic rings. The second kappa shape index (κ2) is 6.38. The summed E-state index contributed by atoms with van der Waals surface area (Å²) in [7, 11) is 0. The third-order valence-electron chi connectivity index (χ3n) is 3.32. The van der Waals surface area contributed by atoms with Gasteiger partial charge in [0.2, 0.25) is 0 Å². The zero-order valence-corrected chi connectivity index (χ0v) is 10.9. The second-order valence-electron chi connectivity index (χ2n) is 4.77. The fourth-order valence-electron chi connectivity index (χ4n) is 2.33. The maximum atomic E-state index is 12.0. The number of carbonyl (C=O) groups excluding carboxylic acids is 1. The predicted octanol–water partition coefficient (Wildman–Crippen LogP) is 2.58. The highest BCUT2D eigenvalue weighted by Gasteiger charge is 2.16. The lowest BCUT2D eigenvalue weighted by Gasteiger charge is -2.22. The molecule has 1 fully saturated rings. The number of anilines is 1. The average molecular weight is 247 g/mol. The minimum atomic E-state index is -0.00236. The topological polar surface area (TPSA) is 54.0 Å². The van der Waals surface area contributed by atoms with Crippen molar-refractivity contribution in [2.45, 2.75) is 45.1 Å². The molecule has 0 saturated heterocycles. The maximum Gasteiger partial charge on any atom is 0.253 e. The molecule has 0 bridgehead atoms. The van der Waals surface area contributed by atoms with Gasteiger partial charge in [-0.15, -0.1) is 0 Å². The first kappa shape index (κ1) is 12.9. The van der Waals surface area contributed by atoms with Gasteiger partial charge in [0, 0.05) is 18.8 Å². The lowest BCUT2D eigenvalue weighted by Crippen LogP contribution is -2.36. The Labute approximate surface area is 108 Å². The Morgan fingerprint density at radius 3 is 2.72 bits per heavy atom. The molecule has 4 heteroatoms. The molecule has 2 rings (SSSR count). The fraction of sp³-hybridized carbons (Fsp3) is 0.571. The van der Waals surface area contributed by atoms with Gasteiger partial charge in [0.25, 0.3) is 5.91 Å². The summed E-state index contributed by atoms with van der Waals surface area (Å²) in [4.78, 5) is 16.2. The van der Waals surface area contributed by atoms with Crippen LogP contribution in [-0.4, -0.2) is 23.5 Å². The van der Waals surface area contributed by atoms with Crippen LogP contribution in [0.25, 0.3) is 0 Å². The van der Waals surface area contributed by atoms with E-state index < -0.39 is 0 Å². The van der Waals surface area contributed by atoms with Gasteiger partial charge in [-0.25, -0.2) is 4.98 Å². The third-order valence-corrected chi connectivity index (χ3v) is 3.32. The SMILES string of the molecule is CCNc1ccc(C(=O)NC2CCCCC2)cn1. The van der Waals surface area contributed by atoms with Crippen LogP contribution < -0.4 is 10.6 Å². The van der Waals surface area contributed by atoms with Crippen molar-refractivity contribution in [1.82, 2.24) is 10.3 Å². The van der Waals surface area contributed by atoms with Crippen molar-refractivity contribution in [1.29, 1.82) is 0 Å². The van der Waals surface area contributed by atoms with E-state index in [-0.39, 0.29) is 5.91 Å². The molecular weight excluding hydrogens is 226 g/mol. The highest BCUT2D eigenvalue weighted by atomic mass is 16.1. The quantitative estimate of drug-likeness (QED) is 0.859. The van der Waals surface area contributed by atoms with E-state index in [4.69, 9.17) is 0 Å². The molecule has 0 spiro atoms. The summed E-state index contributed by atoms with van der Waals surface area (Å²) in [6.45, 7) is 2.85. The van der Waals surface area contributed by atoms with E-state index in [9.17, 15) is 4.79 Å². The normalized spacial score (nSPS) is 16.3. The molecule has 0 aliphatic heterocycles. The van der Waals surface area contributed by atoms with Crippen LogP contribution in [0.5, 0.6) is 0 Å². The molecule has 1 saturated carbocycles. The molecule has 1 aromatic heterocycles. The van der Waals surface area contributed by atoms with Crippen LogP contribution in [0.15, 0.2) is 18.3 Å². The molecule has 4 nitrogen and oxygen atoms in total. The van der Waals surface area contributed by atoms with Crippen molar-refractivity contribution in [3.8, 4) is 0 Å². The maximum absolute atomic E-state index is 12.0. The van der Waals surface area contributed by atoms with Gasteiger partial charge in [0.05, 0.1) is 5.56 Å². The summed E-state index contributed by atoms with van der Waals surface area (Å²) in [6.07, 6.45) is 7.59. The van der Waals surface area contributed by atoms with Crippen molar-refractivity contribution in [3.05, 3.63) is 23.9 Å². The smallest absolute Gasteiger partial charge is 0.253 e. The summed E-state index contributed by atoms with van der Waals surface area (Å²) in [5, 5.41) is 6.20. The highest BCUT2D eigenvalue weighted by molar-refractivity contribution is 5.94. The number of rotatable bonds is 4. The van der Waals surface area contributed by atoms with Crippen LogP contribution in [0.2, 0.25) is 0 Å². The standard InChI is InChI=1S/C14H21N3O/c1-2-15-13-9-8-11(10-16-13)14(18)17-12-6-4-3-5-7-12/h8-10,12H,2-7H2,1H3,(H,15,16)(H,17,18). The van der Waals surface area contributed by atoms with Gasteiger partial charge < -0.3 is 10.6 Å². The molecular formula is C14H21N3O. The molecule has 0 atom stereocenters. The van der Waals surface area contributed by atoms with Crippen LogP contribution in [0.3, 0.4) is 0 Å². The van der Waals surface area contributed by atoms with E-state index in [1.54, 1.807) is 6.20 Å². The summed E-state index contributed by atoms with van der Waals surface area (Å²) >= 11 is 0. The lowest BCUT2D eigenvalue weighted by atomic mass is 9.95. The average Bonchev–Trinajstić information content (AvgIpc) is 2.41. The van der Waals surface area contributed by atoms with Crippen LogP contribution in [0, 0.1) is 0 Å². The van der Waals surface area contributed by atoms with E-state index in [1.807, 2.05) is 19.1 Å². The van der Waals surface area contributed by atoms with Crippen LogP contribution in [-0.2, 0) is 0 Å². The van der Waals surface area contributed by atoms with Gasteiger partial charge >= 0.3 is 0 Å². The van der Waals surface area contributed by atoms with E-state index >= 15 is 0 Å². The van der Waals surface area contributed by atoms with E-state index in [1.165, 1.54) is 19.3 Å². The van der Waals surface area contributed by atoms with Crippen LogP contribution in [0.1, 0.15) is 49.4 Å². The van der Waals surface area contributed by atoms with Crippen molar-refractivity contribution in [2.75, 3.05) is 11.9 Å². The van der Waals surface area contributed by atoms with Gasteiger partial charge in [-0.3, -0.25) is 4.79 Å². The second-order valence-corrected chi connectivity index (χ2v) is 4.77. The molecule has 2 N–H and O–H groups in total. The monoisotopic (exact) mass is 247 g/mol. The zero-order valence-electron chi connectivity index (χ0n) is 10.9. The van der Waals surface area contributed by atoms with Gasteiger partial charge in [0.15, 0.2) is 0 Å². The Hall–Kier alpha value is -1.58. The number of nitrogens with zero attached hydrogens (tertiary/aromatic N) is 1.